The molecule has 0 unspecified atom stereocenters. The Morgan fingerprint density at radius 1 is 1.46 bits per heavy atom. The number of aromatic nitrogens is 5. The van der Waals surface area contributed by atoms with E-state index in [1.165, 1.54) is 17.6 Å². The molecule has 0 aliphatic rings. The summed E-state index contributed by atoms with van der Waals surface area (Å²) in [4.78, 5) is 28.4. The molecule has 0 aliphatic carbocycles. The molecule has 3 aromatic heterocycles. The van der Waals surface area contributed by atoms with Crippen LogP contribution in [0.15, 0.2) is 23.4 Å². The summed E-state index contributed by atoms with van der Waals surface area (Å²) in [6.07, 6.45) is 4.88. The van der Waals surface area contributed by atoms with Crippen LogP contribution in [0, 0.1) is 11.3 Å². The van der Waals surface area contributed by atoms with Gasteiger partial charge in [-0.05, 0) is 5.92 Å². The van der Waals surface area contributed by atoms with Crippen LogP contribution in [0.1, 0.15) is 37.8 Å². The Morgan fingerprint density at radius 3 is 2.88 bits per heavy atom. The number of rotatable bonds is 5. The van der Waals surface area contributed by atoms with Gasteiger partial charge in [-0.1, -0.05) is 13.8 Å². The van der Waals surface area contributed by atoms with E-state index in [4.69, 9.17) is 0 Å². The molecule has 0 fully saturated rings. The fourth-order valence-electron chi connectivity index (χ4n) is 2.81. The van der Waals surface area contributed by atoms with Gasteiger partial charge in [-0.3, -0.25) is 19.4 Å². The second-order valence-electron chi connectivity index (χ2n) is 6.27. The largest absolute Gasteiger partial charge is 0.354 e. The summed E-state index contributed by atoms with van der Waals surface area (Å²) in [7, 11) is 0. The molecule has 0 aliphatic heterocycles. The van der Waals surface area contributed by atoms with E-state index in [1.807, 2.05) is 19.9 Å². The van der Waals surface area contributed by atoms with Gasteiger partial charge in [0.1, 0.15) is 11.6 Å². The average Bonchev–Trinajstić information content (AvgIpc) is 3.20. The number of carbonyl (C=O) groups excluding carboxylic acids is 1. The third-order valence-electron chi connectivity index (χ3n) is 4.02. The molecule has 2 N–H and O–H groups in total. The van der Waals surface area contributed by atoms with E-state index in [2.05, 4.69) is 20.5 Å². The molecule has 3 aromatic rings. The van der Waals surface area contributed by atoms with Crippen molar-refractivity contribution < 1.29 is 4.79 Å². The Hall–Kier alpha value is -3.41. The molecule has 0 saturated carbocycles. The smallest absolute Gasteiger partial charge is 0.276 e. The molecule has 0 spiro atoms. The molecule has 0 aromatic carbocycles. The van der Waals surface area contributed by atoms with Gasteiger partial charge >= 0.3 is 0 Å². The number of hydrogen-bond donors (Lipinski definition) is 2. The van der Waals surface area contributed by atoms with E-state index < -0.39 is 0 Å². The number of nitriles is 1. The highest BCUT2D eigenvalue weighted by Crippen LogP contribution is 2.25. The molecule has 134 valence electrons. The first-order valence-electron chi connectivity index (χ1n) is 8.23. The molecular weight excluding hydrogens is 334 g/mol. The normalized spacial score (nSPS) is 11.0. The van der Waals surface area contributed by atoms with Crippen molar-refractivity contribution in [3.63, 3.8) is 0 Å². The summed E-state index contributed by atoms with van der Waals surface area (Å²) in [5.74, 6) is -0.158. The first-order chi connectivity index (χ1) is 12.4. The summed E-state index contributed by atoms with van der Waals surface area (Å²) in [6.45, 7) is 6.26. The van der Waals surface area contributed by atoms with Crippen LogP contribution in [-0.4, -0.2) is 36.8 Å². The van der Waals surface area contributed by atoms with Crippen LogP contribution >= 0.6 is 0 Å². The van der Waals surface area contributed by atoms with Crippen molar-refractivity contribution in [2.45, 2.75) is 33.2 Å². The standard InChI is InChI=1S/C17H19N7O2/c1-10(2)14-15(13-8-20-23(9-13)5-4-19-11(3)25)22-16-12(6-18)7-21-24(16)17(14)26/h7-10,21H,4-5H2,1-3H3,(H,19,25). The maximum absolute atomic E-state index is 12.9. The Morgan fingerprint density at radius 2 is 2.23 bits per heavy atom. The molecule has 0 saturated heterocycles. The van der Waals surface area contributed by atoms with Crippen molar-refractivity contribution in [1.82, 2.24) is 29.7 Å². The van der Waals surface area contributed by atoms with Gasteiger partial charge in [0.05, 0.1) is 18.4 Å². The van der Waals surface area contributed by atoms with Crippen molar-refractivity contribution in [3.8, 4) is 17.3 Å². The Bertz CT molecular complexity index is 1070. The minimum Gasteiger partial charge on any atom is -0.354 e. The lowest BCUT2D eigenvalue weighted by Gasteiger charge is -2.10. The van der Waals surface area contributed by atoms with Crippen LogP contribution in [0.3, 0.4) is 0 Å². The quantitative estimate of drug-likeness (QED) is 0.709. The van der Waals surface area contributed by atoms with Crippen molar-refractivity contribution in [2.75, 3.05) is 6.54 Å². The van der Waals surface area contributed by atoms with Crippen molar-refractivity contribution in [1.29, 1.82) is 5.26 Å². The molecular formula is C17H19N7O2. The third-order valence-corrected chi connectivity index (χ3v) is 4.02. The predicted molar refractivity (Wildman–Crippen MR) is 94.5 cm³/mol. The van der Waals surface area contributed by atoms with E-state index in [9.17, 15) is 14.9 Å². The van der Waals surface area contributed by atoms with Gasteiger partial charge in [-0.25, -0.2) is 9.50 Å². The van der Waals surface area contributed by atoms with Crippen LogP contribution in [0.5, 0.6) is 0 Å². The van der Waals surface area contributed by atoms with Crippen LogP contribution in [0.4, 0.5) is 0 Å². The zero-order valence-electron chi connectivity index (χ0n) is 14.8. The fourth-order valence-corrected chi connectivity index (χ4v) is 2.81. The molecule has 3 rings (SSSR count). The van der Waals surface area contributed by atoms with Crippen LogP contribution < -0.4 is 10.9 Å². The first-order valence-corrected chi connectivity index (χ1v) is 8.23. The van der Waals surface area contributed by atoms with Crippen molar-refractivity contribution in [3.05, 3.63) is 40.1 Å². The number of nitrogens with one attached hydrogen (secondary N) is 2. The SMILES string of the molecule is CC(=O)NCCn1cc(-c2nc3c(C#N)c[nH]n3c(=O)c2C(C)C)cn1. The molecule has 1 amide bonds. The molecule has 0 radical (unpaired) electrons. The average molecular weight is 353 g/mol. The van der Waals surface area contributed by atoms with Gasteiger partial charge in [0.25, 0.3) is 5.56 Å². The zero-order chi connectivity index (χ0) is 18.8. The van der Waals surface area contributed by atoms with Gasteiger partial charge in [-0.2, -0.15) is 10.4 Å². The van der Waals surface area contributed by atoms with Crippen LogP contribution in [-0.2, 0) is 11.3 Å². The molecule has 26 heavy (non-hydrogen) atoms. The summed E-state index contributed by atoms with van der Waals surface area (Å²) < 4.78 is 2.97. The monoisotopic (exact) mass is 353 g/mol. The predicted octanol–water partition coefficient (Wildman–Crippen LogP) is 1.02. The number of amides is 1. The Kier molecular flexibility index (Phi) is 4.58. The van der Waals surface area contributed by atoms with E-state index in [0.29, 0.717) is 41.1 Å². The van der Waals surface area contributed by atoms with E-state index in [1.54, 1.807) is 17.1 Å². The lowest BCUT2D eigenvalue weighted by Crippen LogP contribution is -2.24. The first kappa shape index (κ1) is 17.4. The molecule has 0 bridgehead atoms. The van der Waals surface area contributed by atoms with Gasteiger partial charge in [0.15, 0.2) is 5.65 Å². The fraction of sp³-hybridized carbons (Fsp3) is 0.353. The highest BCUT2D eigenvalue weighted by Gasteiger charge is 2.20. The number of H-pyrrole nitrogens is 1. The van der Waals surface area contributed by atoms with Crippen LogP contribution in [0.2, 0.25) is 0 Å². The maximum atomic E-state index is 12.9. The van der Waals surface area contributed by atoms with Gasteiger partial charge < -0.3 is 5.32 Å². The number of hydrogen-bond acceptors (Lipinski definition) is 5. The van der Waals surface area contributed by atoms with Crippen LogP contribution in [0.25, 0.3) is 16.9 Å². The minimum atomic E-state index is -0.229. The molecule has 3 heterocycles. The Labute approximate surface area is 149 Å². The van der Waals surface area contributed by atoms with E-state index >= 15 is 0 Å². The number of fused-ring (bicyclic) bond motifs is 1. The highest BCUT2D eigenvalue weighted by molar-refractivity contribution is 5.72. The molecule has 9 nitrogen and oxygen atoms in total. The van der Waals surface area contributed by atoms with Crippen molar-refractivity contribution >= 4 is 11.6 Å². The number of carbonyl (C=O) groups is 1. The molecule has 0 atom stereocenters. The van der Waals surface area contributed by atoms with Gasteiger partial charge in [0, 0.05) is 37.0 Å². The summed E-state index contributed by atoms with van der Waals surface area (Å²) in [5.41, 5.74) is 2.13. The molecule has 9 heteroatoms. The lowest BCUT2D eigenvalue weighted by atomic mass is 10.00. The topological polar surface area (TPSA) is 121 Å². The third kappa shape index (κ3) is 3.09. The Balaban J connectivity index is 2.08. The van der Waals surface area contributed by atoms with Gasteiger partial charge in [-0.15, -0.1) is 0 Å². The minimum absolute atomic E-state index is 0.0570. The summed E-state index contributed by atoms with van der Waals surface area (Å²) in [5, 5.41) is 19.0. The summed E-state index contributed by atoms with van der Waals surface area (Å²) >= 11 is 0. The van der Waals surface area contributed by atoms with E-state index in [0.717, 1.165) is 0 Å². The number of nitrogens with zero attached hydrogens (tertiary/aromatic N) is 5. The second kappa shape index (κ2) is 6.84. The summed E-state index contributed by atoms with van der Waals surface area (Å²) in [6, 6.07) is 2.03. The number of aromatic amines is 1. The maximum Gasteiger partial charge on any atom is 0.276 e. The highest BCUT2D eigenvalue weighted by atomic mass is 16.1. The van der Waals surface area contributed by atoms with E-state index in [-0.39, 0.29) is 17.4 Å². The van der Waals surface area contributed by atoms with Gasteiger partial charge in [0.2, 0.25) is 5.91 Å². The zero-order valence-corrected chi connectivity index (χ0v) is 14.8. The second-order valence-corrected chi connectivity index (χ2v) is 6.27. The lowest BCUT2D eigenvalue weighted by molar-refractivity contribution is -0.118. The van der Waals surface area contributed by atoms with Crippen molar-refractivity contribution in [2.24, 2.45) is 0 Å².